The van der Waals surface area contributed by atoms with Crippen molar-refractivity contribution in [2.24, 2.45) is 5.92 Å². The van der Waals surface area contributed by atoms with Gasteiger partial charge < -0.3 is 5.32 Å². The van der Waals surface area contributed by atoms with Gasteiger partial charge in [-0.3, -0.25) is 19.7 Å². The monoisotopic (exact) mass is 472 g/mol. The molecule has 0 spiro atoms. The standard InChI is InChI=1S/C22H25ClN6O2S/c1-14(2)7-12-25-21(31)26-19(30)13-32-22-28-27-20(16-8-10-24-11-9-16)29(22)18-6-4-5-17(23)15(18)3/h4-6,8-11,14H,7,12-13H2,1-3H3,(H2,25,26,30,31). The molecular weight excluding hydrogens is 448 g/mol. The number of carbonyl (C=O) groups is 2. The summed E-state index contributed by atoms with van der Waals surface area (Å²) < 4.78 is 1.86. The molecule has 3 aromatic rings. The van der Waals surface area contributed by atoms with Crippen LogP contribution in [-0.2, 0) is 4.79 Å². The zero-order valence-corrected chi connectivity index (χ0v) is 19.7. The lowest BCUT2D eigenvalue weighted by Gasteiger charge is -2.14. The van der Waals surface area contributed by atoms with Gasteiger partial charge in [0.15, 0.2) is 11.0 Å². The Morgan fingerprint density at radius 1 is 1.16 bits per heavy atom. The summed E-state index contributed by atoms with van der Waals surface area (Å²) in [6, 6.07) is 8.76. The smallest absolute Gasteiger partial charge is 0.321 e. The number of benzene rings is 1. The van der Waals surface area contributed by atoms with Crippen molar-refractivity contribution in [3.63, 3.8) is 0 Å². The van der Waals surface area contributed by atoms with Gasteiger partial charge in [-0.2, -0.15) is 0 Å². The fraction of sp³-hybridized carbons (Fsp3) is 0.318. The number of aromatic nitrogens is 4. The largest absolute Gasteiger partial charge is 0.338 e. The van der Waals surface area contributed by atoms with Crippen LogP contribution < -0.4 is 10.6 Å². The second-order valence-electron chi connectivity index (χ2n) is 7.54. The van der Waals surface area contributed by atoms with Crippen molar-refractivity contribution in [3.8, 4) is 17.1 Å². The topological polar surface area (TPSA) is 102 Å². The van der Waals surface area contributed by atoms with E-state index in [2.05, 4.69) is 39.7 Å². The van der Waals surface area contributed by atoms with Crippen LogP contribution in [0.2, 0.25) is 5.02 Å². The Kier molecular flexibility index (Phi) is 8.24. The maximum atomic E-state index is 12.3. The lowest BCUT2D eigenvalue weighted by Crippen LogP contribution is -2.40. The number of hydrogen-bond acceptors (Lipinski definition) is 6. The van der Waals surface area contributed by atoms with Gasteiger partial charge >= 0.3 is 6.03 Å². The number of amides is 3. The van der Waals surface area contributed by atoms with Crippen LogP contribution in [0.4, 0.5) is 4.79 Å². The Hall–Kier alpha value is -2.91. The molecule has 168 valence electrons. The van der Waals surface area contributed by atoms with Crippen LogP contribution >= 0.6 is 23.4 Å². The second kappa shape index (κ2) is 11.1. The van der Waals surface area contributed by atoms with Crippen LogP contribution in [0.5, 0.6) is 0 Å². The Morgan fingerprint density at radius 3 is 2.62 bits per heavy atom. The zero-order valence-electron chi connectivity index (χ0n) is 18.1. The molecule has 0 atom stereocenters. The number of halogens is 1. The Morgan fingerprint density at radius 2 is 1.91 bits per heavy atom. The molecule has 8 nitrogen and oxygen atoms in total. The number of rotatable bonds is 8. The molecule has 0 saturated carbocycles. The number of imide groups is 1. The van der Waals surface area contributed by atoms with E-state index in [1.54, 1.807) is 12.4 Å². The van der Waals surface area contributed by atoms with Crippen molar-refractivity contribution < 1.29 is 9.59 Å². The third-order valence-corrected chi connectivity index (χ3v) is 5.98. The van der Waals surface area contributed by atoms with Crippen molar-refractivity contribution >= 4 is 35.3 Å². The molecule has 2 heterocycles. The third kappa shape index (κ3) is 6.08. The highest BCUT2D eigenvalue weighted by Crippen LogP contribution is 2.31. The molecule has 0 aliphatic carbocycles. The highest BCUT2D eigenvalue weighted by Gasteiger charge is 2.19. The normalized spacial score (nSPS) is 10.9. The predicted molar refractivity (Wildman–Crippen MR) is 126 cm³/mol. The van der Waals surface area contributed by atoms with Gasteiger partial charge in [0.25, 0.3) is 0 Å². The van der Waals surface area contributed by atoms with Gasteiger partial charge in [-0.25, -0.2) is 4.79 Å². The Bertz CT molecular complexity index is 1090. The first-order valence-electron chi connectivity index (χ1n) is 10.2. The number of urea groups is 1. The minimum absolute atomic E-state index is 0.00565. The summed E-state index contributed by atoms with van der Waals surface area (Å²) in [6.45, 7) is 6.57. The molecule has 3 rings (SSSR count). The van der Waals surface area contributed by atoms with Gasteiger partial charge in [0, 0.05) is 29.5 Å². The molecular formula is C22H25ClN6O2S. The summed E-state index contributed by atoms with van der Waals surface area (Å²) in [5, 5.41) is 14.8. The van der Waals surface area contributed by atoms with Crippen LogP contribution in [0.1, 0.15) is 25.8 Å². The summed E-state index contributed by atoms with van der Waals surface area (Å²) >= 11 is 7.54. The van der Waals surface area contributed by atoms with Crippen LogP contribution in [0.15, 0.2) is 47.9 Å². The number of hydrogen-bond donors (Lipinski definition) is 2. The molecule has 2 aromatic heterocycles. The first-order chi connectivity index (χ1) is 15.4. The Balaban J connectivity index is 1.79. The summed E-state index contributed by atoms with van der Waals surface area (Å²) in [5.74, 6) is 0.663. The Labute approximate surface area is 196 Å². The second-order valence-corrected chi connectivity index (χ2v) is 8.89. The van der Waals surface area contributed by atoms with Crippen LogP contribution in [-0.4, -0.2) is 44.0 Å². The van der Waals surface area contributed by atoms with Gasteiger partial charge in [0.2, 0.25) is 5.91 Å². The SMILES string of the molecule is Cc1c(Cl)cccc1-n1c(SCC(=O)NC(=O)NCCC(C)C)nnc1-c1ccncc1. The van der Waals surface area contributed by atoms with Crippen LogP contribution in [0.3, 0.4) is 0 Å². The van der Waals surface area contributed by atoms with Gasteiger partial charge in [-0.1, -0.05) is 43.3 Å². The van der Waals surface area contributed by atoms with Gasteiger partial charge in [0.05, 0.1) is 11.4 Å². The fourth-order valence-corrected chi connectivity index (χ4v) is 3.83. The van der Waals surface area contributed by atoms with E-state index in [1.165, 1.54) is 11.8 Å². The van der Waals surface area contributed by atoms with E-state index in [-0.39, 0.29) is 5.75 Å². The van der Waals surface area contributed by atoms with E-state index in [1.807, 2.05) is 41.8 Å². The van der Waals surface area contributed by atoms with Crippen molar-refractivity contribution in [1.29, 1.82) is 0 Å². The van der Waals surface area contributed by atoms with Crippen molar-refractivity contribution in [3.05, 3.63) is 53.3 Å². The van der Waals surface area contributed by atoms with Crippen molar-refractivity contribution in [2.45, 2.75) is 32.3 Å². The maximum Gasteiger partial charge on any atom is 0.321 e. The molecule has 0 bridgehead atoms. The predicted octanol–water partition coefficient (Wildman–Crippen LogP) is 4.26. The lowest BCUT2D eigenvalue weighted by atomic mass is 10.1. The molecule has 0 saturated heterocycles. The first-order valence-corrected chi connectivity index (χ1v) is 11.5. The molecule has 0 radical (unpaired) electrons. The van der Waals surface area contributed by atoms with E-state index < -0.39 is 11.9 Å². The summed E-state index contributed by atoms with van der Waals surface area (Å²) in [5.41, 5.74) is 2.50. The molecule has 0 aliphatic rings. The number of carbonyl (C=O) groups excluding carboxylic acids is 2. The van der Waals surface area contributed by atoms with E-state index in [0.717, 1.165) is 23.2 Å². The maximum absolute atomic E-state index is 12.3. The minimum atomic E-state index is -0.499. The highest BCUT2D eigenvalue weighted by atomic mass is 35.5. The lowest BCUT2D eigenvalue weighted by molar-refractivity contribution is -0.117. The summed E-state index contributed by atoms with van der Waals surface area (Å²) in [4.78, 5) is 28.2. The number of pyridine rings is 1. The van der Waals surface area contributed by atoms with E-state index in [9.17, 15) is 9.59 Å². The molecule has 1 aromatic carbocycles. The van der Waals surface area contributed by atoms with Gasteiger partial charge in [0.1, 0.15) is 0 Å². The quantitative estimate of drug-likeness (QED) is 0.475. The molecule has 10 heteroatoms. The number of nitrogens with zero attached hydrogens (tertiary/aromatic N) is 4. The molecule has 0 unspecified atom stereocenters. The van der Waals surface area contributed by atoms with Crippen LogP contribution in [0, 0.1) is 12.8 Å². The van der Waals surface area contributed by atoms with E-state index >= 15 is 0 Å². The van der Waals surface area contributed by atoms with E-state index in [4.69, 9.17) is 11.6 Å². The average Bonchev–Trinajstić information content (AvgIpc) is 3.18. The van der Waals surface area contributed by atoms with Crippen molar-refractivity contribution in [1.82, 2.24) is 30.4 Å². The summed E-state index contributed by atoms with van der Waals surface area (Å²) in [6.07, 6.45) is 4.20. The average molecular weight is 473 g/mol. The number of thioether (sulfide) groups is 1. The highest BCUT2D eigenvalue weighted by molar-refractivity contribution is 7.99. The third-order valence-electron chi connectivity index (χ3n) is 4.64. The minimum Gasteiger partial charge on any atom is -0.338 e. The zero-order chi connectivity index (χ0) is 23.1. The van der Waals surface area contributed by atoms with Gasteiger partial charge in [-0.05, 0) is 49.1 Å². The van der Waals surface area contributed by atoms with Crippen molar-refractivity contribution in [2.75, 3.05) is 12.3 Å². The fourth-order valence-electron chi connectivity index (χ4n) is 2.92. The molecule has 3 amide bonds. The summed E-state index contributed by atoms with van der Waals surface area (Å²) in [7, 11) is 0. The molecule has 0 fully saturated rings. The molecule has 0 aliphatic heterocycles. The molecule has 32 heavy (non-hydrogen) atoms. The van der Waals surface area contributed by atoms with Gasteiger partial charge in [-0.15, -0.1) is 10.2 Å². The first kappa shape index (κ1) is 23.7. The van der Waals surface area contributed by atoms with Crippen LogP contribution in [0.25, 0.3) is 17.1 Å². The van der Waals surface area contributed by atoms with E-state index in [0.29, 0.717) is 28.5 Å². The number of nitrogens with one attached hydrogen (secondary N) is 2. The molecule has 2 N–H and O–H groups in total.